The normalized spacial score (nSPS) is 16.2. The number of halogens is 4. The molecule has 11 nitrogen and oxygen atoms in total. The summed E-state index contributed by atoms with van der Waals surface area (Å²) in [6, 6.07) is 26.1. The second-order valence-electron chi connectivity index (χ2n) is 14.8. The third kappa shape index (κ3) is 11.8. The van der Waals surface area contributed by atoms with E-state index in [1.165, 1.54) is 35.0 Å². The van der Waals surface area contributed by atoms with E-state index in [2.05, 4.69) is 15.1 Å². The summed E-state index contributed by atoms with van der Waals surface area (Å²) < 4.78 is 85.2. The Bertz CT molecular complexity index is 2360. The molecular formula is C42H47Cl2F2N5O6S3. The summed E-state index contributed by atoms with van der Waals surface area (Å²) in [6.07, 6.45) is 1.33. The van der Waals surface area contributed by atoms with Gasteiger partial charge in [0, 0.05) is 65.7 Å². The van der Waals surface area contributed by atoms with Gasteiger partial charge in [-0.05, 0) is 129 Å². The van der Waals surface area contributed by atoms with E-state index in [0.29, 0.717) is 43.0 Å². The van der Waals surface area contributed by atoms with Gasteiger partial charge in [-0.25, -0.2) is 21.6 Å². The second-order valence-corrected chi connectivity index (χ2v) is 20.7. The topological polar surface area (TPSA) is 128 Å². The zero-order valence-corrected chi connectivity index (χ0v) is 37.1. The monoisotopic (exact) mass is 921 g/mol. The van der Waals surface area contributed by atoms with Crippen LogP contribution in [0.25, 0.3) is 5.57 Å². The van der Waals surface area contributed by atoms with Gasteiger partial charge in [0.2, 0.25) is 0 Å². The summed E-state index contributed by atoms with van der Waals surface area (Å²) >= 11 is 12.7. The highest BCUT2D eigenvalue weighted by molar-refractivity contribution is 7.99. The maximum Gasteiger partial charge on any atom is 0.427 e. The van der Waals surface area contributed by atoms with E-state index >= 15 is 0 Å². The van der Waals surface area contributed by atoms with E-state index in [1.54, 1.807) is 12.1 Å². The number of amides is 1. The lowest BCUT2D eigenvalue weighted by Gasteiger charge is -2.37. The van der Waals surface area contributed by atoms with E-state index in [1.807, 2.05) is 78.3 Å². The average molecular weight is 923 g/mol. The van der Waals surface area contributed by atoms with Crippen LogP contribution in [0.3, 0.4) is 0 Å². The molecule has 6 rings (SSSR count). The van der Waals surface area contributed by atoms with Crippen LogP contribution >= 0.6 is 35.0 Å². The fraction of sp³-hybridized carbons (Fsp3) is 0.357. The first-order chi connectivity index (χ1) is 28.5. The molecule has 2 heterocycles. The summed E-state index contributed by atoms with van der Waals surface area (Å²) in [5.41, 5.74) is 4.32. The highest BCUT2D eigenvalue weighted by Gasteiger charge is 2.46. The van der Waals surface area contributed by atoms with Gasteiger partial charge in [0.05, 0.1) is 28.7 Å². The van der Waals surface area contributed by atoms with Crippen molar-refractivity contribution in [2.45, 2.75) is 38.3 Å². The minimum atomic E-state index is -5.60. The molecule has 0 aliphatic carbocycles. The van der Waals surface area contributed by atoms with Gasteiger partial charge in [-0.1, -0.05) is 41.9 Å². The smallest absolute Gasteiger partial charge is 0.380 e. The van der Waals surface area contributed by atoms with Gasteiger partial charge in [-0.15, -0.1) is 11.8 Å². The van der Waals surface area contributed by atoms with Crippen molar-refractivity contribution >= 4 is 77.7 Å². The molecule has 1 amide bonds. The molecule has 2 aliphatic rings. The van der Waals surface area contributed by atoms with Crippen LogP contribution in [0.4, 0.5) is 20.2 Å². The molecule has 0 bridgehead atoms. The first kappa shape index (κ1) is 45.8. The van der Waals surface area contributed by atoms with Crippen molar-refractivity contribution in [1.82, 2.24) is 14.5 Å². The number of hydrogen-bond donors (Lipinski definition) is 2. The van der Waals surface area contributed by atoms with Gasteiger partial charge in [0.15, 0.2) is 0 Å². The number of thioether (sulfide) groups is 1. The predicted molar refractivity (Wildman–Crippen MR) is 236 cm³/mol. The van der Waals surface area contributed by atoms with Gasteiger partial charge < -0.3 is 19.9 Å². The molecule has 0 spiro atoms. The number of sulfone groups is 1. The Morgan fingerprint density at radius 2 is 1.62 bits per heavy atom. The van der Waals surface area contributed by atoms with Crippen molar-refractivity contribution < 1.29 is 35.1 Å². The minimum absolute atomic E-state index is 0.0259. The van der Waals surface area contributed by atoms with Gasteiger partial charge in [0.25, 0.3) is 25.8 Å². The molecule has 2 aliphatic heterocycles. The van der Waals surface area contributed by atoms with Crippen molar-refractivity contribution in [3.05, 3.63) is 119 Å². The van der Waals surface area contributed by atoms with Gasteiger partial charge in [0.1, 0.15) is 0 Å². The molecule has 1 atom stereocenters. The standard InChI is InChI=1S/C42H47Cl2F2N5O6S3/c1-49(2)20-18-34(29-58-36-6-4-3-5-7-36)47-39-17-16-37(26-40(39)59(53,54)42(44,45)46)60(55,56)48-41(52)31-10-14-35(15-11-31)51-23-21-50(22-24-51)27-32-28-57-25-19-38(32)30-8-12-33(43)13-9-30/h3-17,26,34,47H,18-25,27-29H2,1-2H3,(H,48,52)/t34-/m1/s1. The van der Waals surface area contributed by atoms with E-state index in [-0.39, 0.29) is 11.3 Å². The number of anilines is 2. The largest absolute Gasteiger partial charge is 0.427 e. The second kappa shape index (κ2) is 20.0. The molecule has 0 saturated carbocycles. The molecule has 0 unspecified atom stereocenters. The predicted octanol–water partition coefficient (Wildman–Crippen LogP) is 7.54. The molecular weight excluding hydrogens is 876 g/mol. The minimum Gasteiger partial charge on any atom is -0.380 e. The van der Waals surface area contributed by atoms with Crippen molar-refractivity contribution in [3.8, 4) is 0 Å². The fourth-order valence-electron chi connectivity index (χ4n) is 6.95. The summed E-state index contributed by atoms with van der Waals surface area (Å²) in [5.74, 6) is -0.553. The van der Waals surface area contributed by atoms with E-state index in [4.69, 9.17) is 27.9 Å². The molecule has 322 valence electrons. The zero-order valence-electron chi connectivity index (χ0n) is 33.1. The number of alkyl halides is 3. The Balaban J connectivity index is 1.12. The maximum atomic E-state index is 14.5. The van der Waals surface area contributed by atoms with Gasteiger partial charge in [-0.3, -0.25) is 9.69 Å². The van der Waals surface area contributed by atoms with Crippen LogP contribution in [0, 0.1) is 0 Å². The van der Waals surface area contributed by atoms with E-state index in [9.17, 15) is 30.4 Å². The highest BCUT2D eigenvalue weighted by Crippen LogP contribution is 2.38. The number of ether oxygens (including phenoxy) is 1. The molecule has 4 aromatic rings. The lowest BCUT2D eigenvalue weighted by atomic mass is 9.95. The Morgan fingerprint density at radius 1 is 0.933 bits per heavy atom. The number of nitrogens with zero attached hydrogens (tertiary/aromatic N) is 3. The Kier molecular flexibility index (Phi) is 15.2. The lowest BCUT2D eigenvalue weighted by molar-refractivity contribution is 0.0981. The van der Waals surface area contributed by atoms with Crippen LogP contribution in [0.5, 0.6) is 0 Å². The number of piperazine rings is 1. The average Bonchev–Trinajstić information content (AvgIpc) is 3.22. The summed E-state index contributed by atoms with van der Waals surface area (Å²) in [7, 11) is -6.62. The van der Waals surface area contributed by atoms with E-state index < -0.39 is 46.3 Å². The van der Waals surface area contributed by atoms with Crippen molar-refractivity contribution in [3.63, 3.8) is 0 Å². The van der Waals surface area contributed by atoms with Crippen LogP contribution in [0.1, 0.15) is 28.8 Å². The Morgan fingerprint density at radius 3 is 2.27 bits per heavy atom. The number of carbonyl (C=O) groups excluding carboxylic acids is 1. The number of nitrogens with one attached hydrogen (secondary N) is 2. The number of hydrogen-bond acceptors (Lipinski definition) is 11. The van der Waals surface area contributed by atoms with Crippen LogP contribution in [-0.2, 0) is 24.6 Å². The van der Waals surface area contributed by atoms with Gasteiger partial charge in [-0.2, -0.15) is 8.78 Å². The quantitative estimate of drug-likeness (QED) is 0.0806. The van der Waals surface area contributed by atoms with Crippen molar-refractivity contribution in [1.29, 1.82) is 0 Å². The van der Waals surface area contributed by atoms with Crippen LogP contribution in [0.15, 0.2) is 117 Å². The van der Waals surface area contributed by atoms with Crippen molar-refractivity contribution in [2.75, 3.05) is 82.5 Å². The molecule has 0 aromatic heterocycles. The number of sulfonamides is 1. The number of benzene rings is 4. The first-order valence-electron chi connectivity index (χ1n) is 19.2. The highest BCUT2D eigenvalue weighted by atomic mass is 35.5. The molecule has 60 heavy (non-hydrogen) atoms. The molecule has 2 N–H and O–H groups in total. The third-order valence-corrected chi connectivity index (χ3v) is 15.1. The van der Waals surface area contributed by atoms with Crippen LogP contribution in [-0.4, -0.2) is 116 Å². The molecule has 1 saturated heterocycles. The SMILES string of the molecule is CN(C)CC[C@H](CSc1ccccc1)Nc1ccc(S(=O)(=O)NC(=O)c2ccc(N3CCN(CC4=C(c5ccc(Cl)cc5)CCOC4)CC3)cc2)cc1S(=O)(=O)C(F)(F)Cl. The molecule has 1 fully saturated rings. The number of carbonyl (C=O) groups is 1. The zero-order chi connectivity index (χ0) is 43.1. The van der Waals surface area contributed by atoms with Crippen LogP contribution in [0.2, 0.25) is 5.02 Å². The summed E-state index contributed by atoms with van der Waals surface area (Å²) in [6.45, 7) is 5.66. The van der Waals surface area contributed by atoms with Gasteiger partial charge >= 0.3 is 4.71 Å². The van der Waals surface area contributed by atoms with E-state index in [0.717, 1.165) is 67.4 Å². The summed E-state index contributed by atoms with van der Waals surface area (Å²) in [4.78, 5) is 19.0. The van der Waals surface area contributed by atoms with Crippen molar-refractivity contribution in [2.24, 2.45) is 0 Å². The summed E-state index contributed by atoms with van der Waals surface area (Å²) in [5, 5.41) is 3.74. The Hall–Kier alpha value is -3.74. The van der Waals surface area contributed by atoms with Crippen LogP contribution < -0.4 is 14.9 Å². The fourth-order valence-corrected chi connectivity index (χ4v) is 10.3. The Labute approximate surface area is 365 Å². The molecule has 18 heteroatoms. The third-order valence-electron chi connectivity index (χ3n) is 10.2. The lowest BCUT2D eigenvalue weighted by Crippen LogP contribution is -2.47. The molecule has 0 radical (unpaired) electrons. The molecule has 4 aromatic carbocycles. The number of rotatable bonds is 17. The maximum absolute atomic E-state index is 14.5. The first-order valence-corrected chi connectivity index (χ1v) is 23.9.